The van der Waals surface area contributed by atoms with Crippen LogP contribution in [0.1, 0.15) is 42.8 Å². The first kappa shape index (κ1) is 25.1. The number of amides is 2. The zero-order valence-electron chi connectivity index (χ0n) is 20.5. The molecule has 3 fully saturated rings. The van der Waals surface area contributed by atoms with Crippen molar-refractivity contribution in [2.45, 2.75) is 55.8 Å². The van der Waals surface area contributed by atoms with E-state index in [1.807, 2.05) is 13.8 Å². The molecule has 3 saturated heterocycles. The molecule has 0 saturated carbocycles. The smallest absolute Gasteiger partial charge is 0.330 e. The molecule has 9 nitrogen and oxygen atoms in total. The molecule has 192 valence electrons. The number of thioether (sulfide) groups is 1. The van der Waals surface area contributed by atoms with Crippen LogP contribution in [-0.4, -0.2) is 81.2 Å². The van der Waals surface area contributed by atoms with Gasteiger partial charge in [0.2, 0.25) is 5.91 Å². The summed E-state index contributed by atoms with van der Waals surface area (Å²) >= 11 is 7.80. The highest BCUT2D eigenvalue weighted by Crippen LogP contribution is 2.51. The lowest BCUT2D eigenvalue weighted by molar-refractivity contribution is -0.163. The molecule has 0 radical (unpaired) electrons. The summed E-state index contributed by atoms with van der Waals surface area (Å²) in [6.07, 6.45) is 2.34. The van der Waals surface area contributed by atoms with Gasteiger partial charge in [0.25, 0.3) is 5.91 Å². The quantitative estimate of drug-likeness (QED) is 0.428. The van der Waals surface area contributed by atoms with E-state index in [1.54, 1.807) is 36.1 Å². The summed E-state index contributed by atoms with van der Waals surface area (Å²) in [5.74, 6) is -0.855. The number of nitrogens with zero attached hydrogens (tertiary/aromatic N) is 3. The molecule has 3 atom stereocenters. The molecule has 1 N–H and O–H groups in total. The molecule has 11 heteroatoms. The molecule has 3 aliphatic rings. The SMILES string of the molecule is Cc1onc(-c2ccccc2Cl)c1C(=O)N[C@@H]1C(=O)N2[C@@H]1SC(C)(C)[C@@H]2C(=O)OCCN1CCCC1. The largest absolute Gasteiger partial charge is 0.463 e. The van der Waals surface area contributed by atoms with Gasteiger partial charge in [-0.3, -0.25) is 14.5 Å². The number of nitrogens with one attached hydrogen (secondary N) is 1. The summed E-state index contributed by atoms with van der Waals surface area (Å²) in [5.41, 5.74) is 1.11. The number of rotatable bonds is 7. The number of carbonyl (C=O) groups is 3. The van der Waals surface area contributed by atoms with Crippen LogP contribution in [0.2, 0.25) is 5.02 Å². The van der Waals surface area contributed by atoms with Crippen molar-refractivity contribution in [3.63, 3.8) is 0 Å². The first-order chi connectivity index (χ1) is 17.2. The third-order valence-corrected chi connectivity index (χ3v) is 8.92. The molecule has 2 amide bonds. The van der Waals surface area contributed by atoms with Crippen LogP contribution < -0.4 is 5.32 Å². The van der Waals surface area contributed by atoms with Gasteiger partial charge >= 0.3 is 5.97 Å². The van der Waals surface area contributed by atoms with Gasteiger partial charge in [-0.25, -0.2) is 4.79 Å². The highest BCUT2D eigenvalue weighted by molar-refractivity contribution is 8.01. The lowest BCUT2D eigenvalue weighted by Crippen LogP contribution is -2.70. The highest BCUT2D eigenvalue weighted by Gasteiger charge is 2.64. The van der Waals surface area contributed by atoms with Gasteiger partial charge in [-0.15, -0.1) is 11.8 Å². The van der Waals surface area contributed by atoms with Crippen LogP contribution in [0, 0.1) is 6.92 Å². The average molecular weight is 533 g/mol. The van der Waals surface area contributed by atoms with E-state index >= 15 is 0 Å². The van der Waals surface area contributed by atoms with Gasteiger partial charge in [0.15, 0.2) is 0 Å². The zero-order valence-corrected chi connectivity index (χ0v) is 22.0. The van der Waals surface area contributed by atoms with Gasteiger partial charge in [0.1, 0.15) is 41.1 Å². The van der Waals surface area contributed by atoms with Crippen molar-refractivity contribution < 1.29 is 23.6 Å². The second-order valence-electron chi connectivity index (χ2n) is 9.87. The Bertz CT molecular complexity index is 1190. The minimum absolute atomic E-state index is 0.231. The third kappa shape index (κ3) is 4.39. The van der Waals surface area contributed by atoms with Crippen LogP contribution in [0.4, 0.5) is 0 Å². The first-order valence-corrected chi connectivity index (χ1v) is 13.4. The summed E-state index contributed by atoms with van der Waals surface area (Å²) in [7, 11) is 0. The van der Waals surface area contributed by atoms with E-state index in [1.165, 1.54) is 24.6 Å². The molecule has 1 aromatic heterocycles. The first-order valence-electron chi connectivity index (χ1n) is 12.1. The summed E-state index contributed by atoms with van der Waals surface area (Å²) < 4.78 is 10.3. The minimum atomic E-state index is -0.766. The summed E-state index contributed by atoms with van der Waals surface area (Å²) in [4.78, 5) is 43.2. The van der Waals surface area contributed by atoms with Gasteiger partial charge in [-0.1, -0.05) is 35.0 Å². The summed E-state index contributed by atoms with van der Waals surface area (Å²) in [6, 6.07) is 5.56. The van der Waals surface area contributed by atoms with Crippen molar-refractivity contribution in [2.24, 2.45) is 0 Å². The molecule has 4 heterocycles. The van der Waals surface area contributed by atoms with Crippen LogP contribution in [0.3, 0.4) is 0 Å². The second-order valence-corrected chi connectivity index (χ2v) is 12.0. The van der Waals surface area contributed by atoms with Crippen LogP contribution >= 0.6 is 23.4 Å². The Kier molecular flexibility index (Phi) is 6.78. The van der Waals surface area contributed by atoms with Crippen LogP contribution in [0.25, 0.3) is 11.3 Å². The average Bonchev–Trinajstić information content (AvgIpc) is 3.54. The molecular formula is C25H29ClN4O5S. The van der Waals surface area contributed by atoms with Crippen LogP contribution in [0.5, 0.6) is 0 Å². The fourth-order valence-electron chi connectivity index (χ4n) is 5.18. The predicted octanol–water partition coefficient (Wildman–Crippen LogP) is 3.10. The number of fused-ring (bicyclic) bond motifs is 1. The predicted molar refractivity (Wildman–Crippen MR) is 136 cm³/mol. The van der Waals surface area contributed by atoms with Crippen molar-refractivity contribution >= 4 is 41.1 Å². The zero-order chi connectivity index (χ0) is 25.6. The highest BCUT2D eigenvalue weighted by atomic mass is 35.5. The monoisotopic (exact) mass is 532 g/mol. The number of hydrogen-bond donors (Lipinski definition) is 1. The van der Waals surface area contributed by atoms with E-state index in [9.17, 15) is 14.4 Å². The van der Waals surface area contributed by atoms with Crippen LogP contribution in [-0.2, 0) is 14.3 Å². The fraction of sp³-hybridized carbons (Fsp3) is 0.520. The lowest BCUT2D eigenvalue weighted by atomic mass is 9.95. The topological polar surface area (TPSA) is 105 Å². The normalized spacial score (nSPS) is 24.9. The summed E-state index contributed by atoms with van der Waals surface area (Å²) in [6.45, 7) is 8.55. The minimum Gasteiger partial charge on any atom is -0.463 e. The van der Waals surface area contributed by atoms with Crippen LogP contribution in [0.15, 0.2) is 28.8 Å². The Hall–Kier alpha value is -2.56. The van der Waals surface area contributed by atoms with E-state index < -0.39 is 28.7 Å². The molecule has 3 aliphatic heterocycles. The van der Waals surface area contributed by atoms with Crippen molar-refractivity contribution in [3.05, 3.63) is 40.6 Å². The maximum atomic E-state index is 13.3. The Balaban J connectivity index is 1.27. The molecule has 0 spiro atoms. The Morgan fingerprint density at radius 2 is 2.00 bits per heavy atom. The molecule has 2 aromatic rings. The number of benzene rings is 1. The summed E-state index contributed by atoms with van der Waals surface area (Å²) in [5, 5.41) is 6.94. The maximum absolute atomic E-state index is 13.3. The number of halogens is 1. The molecule has 0 aliphatic carbocycles. The molecule has 0 unspecified atom stereocenters. The van der Waals surface area contributed by atoms with Gasteiger partial charge in [0, 0.05) is 16.9 Å². The van der Waals surface area contributed by atoms with Gasteiger partial charge in [-0.05, 0) is 52.8 Å². The molecule has 0 bridgehead atoms. The number of β-lactam (4-membered cyclic amide) rings is 1. The maximum Gasteiger partial charge on any atom is 0.330 e. The standard InChI is InChI=1S/C25H29ClN4O5S/c1-14-17(18(28-35-14)15-8-4-5-9-16(15)26)21(31)27-19-22(32)30-20(25(2,3)36-23(19)30)24(33)34-13-12-29-10-6-7-11-29/h4-5,8-9,19-20,23H,6-7,10-13H2,1-3H3,(H,27,31)/t19-,20+,23-/m1/s1. The van der Waals surface area contributed by atoms with E-state index in [0.717, 1.165) is 13.1 Å². The molecule has 1 aromatic carbocycles. The number of hydrogen-bond acceptors (Lipinski definition) is 8. The Morgan fingerprint density at radius 3 is 2.72 bits per heavy atom. The fourth-order valence-corrected chi connectivity index (χ4v) is 7.02. The number of aromatic nitrogens is 1. The number of ether oxygens (including phenoxy) is 1. The third-order valence-electron chi connectivity index (χ3n) is 7.02. The molecular weight excluding hydrogens is 504 g/mol. The number of aryl methyl sites for hydroxylation is 1. The Morgan fingerprint density at radius 1 is 1.28 bits per heavy atom. The van der Waals surface area contributed by atoms with Crippen molar-refractivity contribution in [1.29, 1.82) is 0 Å². The van der Waals surface area contributed by atoms with E-state index in [0.29, 0.717) is 35.2 Å². The van der Waals surface area contributed by atoms with Crippen molar-refractivity contribution in [1.82, 2.24) is 20.3 Å². The number of carbonyl (C=O) groups excluding carboxylic acids is 3. The number of esters is 1. The number of likely N-dealkylation sites (tertiary alicyclic amines) is 1. The van der Waals surface area contributed by atoms with E-state index in [2.05, 4.69) is 15.4 Å². The van der Waals surface area contributed by atoms with E-state index in [-0.39, 0.29) is 16.8 Å². The van der Waals surface area contributed by atoms with Crippen molar-refractivity contribution in [3.8, 4) is 11.3 Å². The van der Waals surface area contributed by atoms with Crippen molar-refractivity contribution in [2.75, 3.05) is 26.2 Å². The van der Waals surface area contributed by atoms with E-state index in [4.69, 9.17) is 20.9 Å². The van der Waals surface area contributed by atoms with Gasteiger partial charge in [-0.2, -0.15) is 0 Å². The molecule has 36 heavy (non-hydrogen) atoms. The lowest BCUT2D eigenvalue weighted by Gasteiger charge is -2.43. The molecule has 5 rings (SSSR count). The second kappa shape index (κ2) is 9.72. The Labute approximate surface area is 218 Å². The van der Waals surface area contributed by atoms with Gasteiger partial charge < -0.3 is 19.5 Å². The van der Waals surface area contributed by atoms with Gasteiger partial charge in [0.05, 0.1) is 5.02 Å².